The zero-order chi connectivity index (χ0) is 12.0. The van der Waals surface area contributed by atoms with Crippen LogP contribution in [0.5, 0.6) is 0 Å². The van der Waals surface area contributed by atoms with Crippen LogP contribution in [0.25, 0.3) is 11.2 Å². The predicted octanol–water partition coefficient (Wildman–Crippen LogP) is 1.17. The molecule has 2 aromatic heterocycles. The highest BCUT2D eigenvalue weighted by molar-refractivity contribution is 5.94. The van der Waals surface area contributed by atoms with E-state index >= 15 is 0 Å². The minimum Gasteiger partial charge on any atom is -0.406 e. The van der Waals surface area contributed by atoms with E-state index in [0.29, 0.717) is 17.0 Å². The number of nitrogens with one attached hydrogen (secondary N) is 2. The summed E-state index contributed by atoms with van der Waals surface area (Å²) in [5, 5.41) is 2.73. The number of oxazole rings is 1. The van der Waals surface area contributed by atoms with E-state index in [1.165, 1.54) is 0 Å². The van der Waals surface area contributed by atoms with Crippen molar-refractivity contribution in [1.82, 2.24) is 9.97 Å². The Labute approximate surface area is 96.0 Å². The van der Waals surface area contributed by atoms with Crippen LogP contribution < -0.4 is 11.1 Å². The van der Waals surface area contributed by atoms with Crippen molar-refractivity contribution in [2.45, 2.75) is 19.8 Å². The molecular formula is C11H11N3O3. The third kappa shape index (κ3) is 1.82. The first-order valence-corrected chi connectivity index (χ1v) is 5.45. The highest BCUT2D eigenvalue weighted by Crippen LogP contribution is 2.30. The normalized spacial score (nSPS) is 15.1. The molecule has 0 bridgehead atoms. The predicted molar refractivity (Wildman–Crippen MR) is 60.7 cm³/mol. The van der Waals surface area contributed by atoms with Crippen molar-refractivity contribution in [3.63, 3.8) is 0 Å². The number of anilines is 1. The summed E-state index contributed by atoms with van der Waals surface area (Å²) >= 11 is 0. The molecule has 0 atom stereocenters. The number of aryl methyl sites for hydroxylation is 1. The van der Waals surface area contributed by atoms with Gasteiger partial charge in [0.2, 0.25) is 5.91 Å². The van der Waals surface area contributed by atoms with Crippen molar-refractivity contribution in [1.29, 1.82) is 0 Å². The Hall–Kier alpha value is -2.11. The fraction of sp³-hybridized carbons (Fsp3) is 0.364. The Morgan fingerprint density at radius 1 is 1.59 bits per heavy atom. The molecule has 2 aromatic rings. The number of fused-ring (bicyclic) bond motifs is 1. The second-order valence-electron chi connectivity index (χ2n) is 4.28. The van der Waals surface area contributed by atoms with Gasteiger partial charge in [-0.2, -0.15) is 0 Å². The van der Waals surface area contributed by atoms with Crippen LogP contribution in [-0.4, -0.2) is 15.9 Å². The van der Waals surface area contributed by atoms with E-state index in [1.807, 2.05) is 0 Å². The summed E-state index contributed by atoms with van der Waals surface area (Å²) in [7, 11) is 0. The summed E-state index contributed by atoms with van der Waals surface area (Å²) in [5.74, 6) is 0.0171. The van der Waals surface area contributed by atoms with E-state index in [2.05, 4.69) is 15.3 Å². The van der Waals surface area contributed by atoms with Crippen LogP contribution in [0.15, 0.2) is 15.3 Å². The van der Waals surface area contributed by atoms with Gasteiger partial charge in [0.05, 0.1) is 0 Å². The summed E-state index contributed by atoms with van der Waals surface area (Å²) in [6.07, 6.45) is 1.88. The molecule has 6 nitrogen and oxygen atoms in total. The Morgan fingerprint density at radius 2 is 2.35 bits per heavy atom. The van der Waals surface area contributed by atoms with E-state index in [-0.39, 0.29) is 11.8 Å². The number of hydrogen-bond acceptors (Lipinski definition) is 4. The first kappa shape index (κ1) is 10.1. The van der Waals surface area contributed by atoms with Gasteiger partial charge in [-0.15, -0.1) is 0 Å². The maximum Gasteiger partial charge on any atom is 0.418 e. The van der Waals surface area contributed by atoms with Gasteiger partial charge in [0.15, 0.2) is 11.2 Å². The number of rotatable bonds is 2. The van der Waals surface area contributed by atoms with Crippen LogP contribution in [-0.2, 0) is 4.79 Å². The molecule has 0 aliphatic heterocycles. The zero-order valence-electron chi connectivity index (χ0n) is 9.24. The van der Waals surface area contributed by atoms with Gasteiger partial charge >= 0.3 is 5.76 Å². The molecule has 2 heterocycles. The van der Waals surface area contributed by atoms with Gasteiger partial charge in [-0.05, 0) is 31.4 Å². The summed E-state index contributed by atoms with van der Waals surface area (Å²) in [6, 6.07) is 1.69. The van der Waals surface area contributed by atoms with Crippen molar-refractivity contribution in [3.8, 4) is 0 Å². The number of pyridine rings is 1. The molecule has 1 amide bonds. The lowest BCUT2D eigenvalue weighted by Gasteiger charge is -2.03. The largest absolute Gasteiger partial charge is 0.418 e. The zero-order valence-corrected chi connectivity index (χ0v) is 9.24. The molecule has 0 spiro atoms. The van der Waals surface area contributed by atoms with Crippen LogP contribution in [0.2, 0.25) is 0 Å². The van der Waals surface area contributed by atoms with Crippen molar-refractivity contribution >= 4 is 23.0 Å². The van der Waals surface area contributed by atoms with E-state index in [4.69, 9.17) is 4.42 Å². The minimum absolute atomic E-state index is 0.0120. The lowest BCUT2D eigenvalue weighted by atomic mass is 10.2. The number of carbonyl (C=O) groups excluding carboxylic acids is 1. The molecule has 17 heavy (non-hydrogen) atoms. The molecular weight excluding hydrogens is 222 g/mol. The minimum atomic E-state index is -0.540. The van der Waals surface area contributed by atoms with E-state index < -0.39 is 5.76 Å². The molecule has 3 rings (SSSR count). The number of amides is 1. The monoisotopic (exact) mass is 233 g/mol. The average Bonchev–Trinajstić information content (AvgIpc) is 3.02. The number of aromatic nitrogens is 2. The fourth-order valence-electron chi connectivity index (χ4n) is 1.73. The average molecular weight is 233 g/mol. The molecule has 0 aromatic carbocycles. The number of hydrogen-bond donors (Lipinski definition) is 2. The van der Waals surface area contributed by atoms with E-state index in [1.54, 1.807) is 13.0 Å². The number of aromatic amines is 1. The van der Waals surface area contributed by atoms with Crippen molar-refractivity contribution in [3.05, 3.63) is 22.2 Å². The van der Waals surface area contributed by atoms with E-state index in [9.17, 15) is 9.59 Å². The van der Waals surface area contributed by atoms with Crippen LogP contribution in [0, 0.1) is 12.8 Å². The van der Waals surface area contributed by atoms with Gasteiger partial charge in [-0.1, -0.05) is 0 Å². The highest BCUT2D eigenvalue weighted by Gasteiger charge is 2.29. The number of H-pyrrole nitrogens is 1. The SMILES string of the molecule is Cc1cc(NC(=O)C2CC2)nc2[nH]c(=O)oc12. The molecule has 1 aliphatic carbocycles. The Bertz CT molecular complexity index is 652. The van der Waals surface area contributed by atoms with Crippen molar-refractivity contribution in [2.24, 2.45) is 5.92 Å². The van der Waals surface area contributed by atoms with Gasteiger partial charge in [-0.3, -0.25) is 9.78 Å². The molecule has 1 aliphatic rings. The second-order valence-corrected chi connectivity index (χ2v) is 4.28. The lowest BCUT2D eigenvalue weighted by Crippen LogP contribution is -2.14. The molecule has 1 fully saturated rings. The summed E-state index contributed by atoms with van der Waals surface area (Å²) in [4.78, 5) is 29.2. The summed E-state index contributed by atoms with van der Waals surface area (Å²) in [5.41, 5.74) is 1.56. The smallest absolute Gasteiger partial charge is 0.406 e. The van der Waals surface area contributed by atoms with Gasteiger partial charge in [-0.25, -0.2) is 9.78 Å². The Balaban J connectivity index is 1.99. The van der Waals surface area contributed by atoms with Crippen LogP contribution in [0.4, 0.5) is 5.82 Å². The topological polar surface area (TPSA) is 88.0 Å². The maximum absolute atomic E-state index is 11.6. The summed E-state index contributed by atoms with van der Waals surface area (Å²) in [6.45, 7) is 1.80. The Morgan fingerprint density at radius 3 is 3.06 bits per heavy atom. The molecule has 2 N–H and O–H groups in total. The third-order valence-corrected chi connectivity index (χ3v) is 2.77. The third-order valence-electron chi connectivity index (χ3n) is 2.77. The van der Waals surface area contributed by atoms with Gasteiger partial charge in [0, 0.05) is 5.92 Å². The molecule has 88 valence electrons. The Kier molecular flexibility index (Phi) is 2.04. The van der Waals surface area contributed by atoms with Gasteiger partial charge in [0.25, 0.3) is 0 Å². The standard InChI is InChI=1S/C11H11N3O3/c1-5-4-7(13-10(15)6-2-3-6)12-9-8(5)17-11(16)14-9/h4,6H,2-3H2,1H3,(H2,12,13,14,15,16). The molecule has 0 radical (unpaired) electrons. The van der Waals surface area contributed by atoms with E-state index in [0.717, 1.165) is 18.4 Å². The van der Waals surface area contributed by atoms with Crippen molar-refractivity contribution in [2.75, 3.05) is 5.32 Å². The van der Waals surface area contributed by atoms with Crippen LogP contribution >= 0.6 is 0 Å². The highest BCUT2D eigenvalue weighted by atomic mass is 16.4. The van der Waals surface area contributed by atoms with Gasteiger partial charge in [0.1, 0.15) is 5.82 Å². The van der Waals surface area contributed by atoms with Crippen LogP contribution in [0.1, 0.15) is 18.4 Å². The molecule has 6 heteroatoms. The molecule has 0 saturated heterocycles. The lowest BCUT2D eigenvalue weighted by molar-refractivity contribution is -0.117. The number of nitrogens with zero attached hydrogens (tertiary/aromatic N) is 1. The molecule has 0 unspecified atom stereocenters. The summed E-state index contributed by atoms with van der Waals surface area (Å²) < 4.78 is 4.93. The second kappa shape index (κ2) is 3.44. The fourth-order valence-corrected chi connectivity index (χ4v) is 1.73. The quantitative estimate of drug-likeness (QED) is 0.815. The van der Waals surface area contributed by atoms with Crippen molar-refractivity contribution < 1.29 is 9.21 Å². The first-order valence-electron chi connectivity index (χ1n) is 5.45. The van der Waals surface area contributed by atoms with Crippen LogP contribution in [0.3, 0.4) is 0 Å². The maximum atomic E-state index is 11.6. The van der Waals surface area contributed by atoms with Gasteiger partial charge < -0.3 is 9.73 Å². The first-order chi connectivity index (χ1) is 8.13. The number of carbonyl (C=O) groups is 1. The molecule has 1 saturated carbocycles.